The lowest BCUT2D eigenvalue weighted by molar-refractivity contribution is 0.0554. The maximum absolute atomic E-state index is 13.0. The molecule has 130 valence electrons. The van der Waals surface area contributed by atoms with E-state index < -0.39 is 16.0 Å². The first kappa shape index (κ1) is 18.2. The third kappa shape index (κ3) is 4.04. The molecule has 0 aromatic heterocycles. The second kappa shape index (κ2) is 8.13. The van der Waals surface area contributed by atoms with Crippen LogP contribution >= 0.6 is 0 Å². The van der Waals surface area contributed by atoms with Crippen LogP contribution in [0.25, 0.3) is 0 Å². The molecule has 0 unspecified atom stereocenters. The van der Waals surface area contributed by atoms with E-state index in [2.05, 4.69) is 0 Å². The van der Waals surface area contributed by atoms with Gasteiger partial charge in [0.05, 0.1) is 12.7 Å². The van der Waals surface area contributed by atoms with Gasteiger partial charge in [0.2, 0.25) is 10.0 Å². The molecular formula is C16H20N2O5S. The number of sulfonamides is 1. The zero-order valence-electron chi connectivity index (χ0n) is 13.5. The van der Waals surface area contributed by atoms with E-state index in [0.29, 0.717) is 13.1 Å². The number of carbonyl (C=O) groups is 1. The Labute approximate surface area is 141 Å². The first-order valence-electron chi connectivity index (χ1n) is 7.73. The van der Waals surface area contributed by atoms with Gasteiger partial charge in [0.25, 0.3) is 0 Å². The quantitative estimate of drug-likeness (QED) is 0.751. The van der Waals surface area contributed by atoms with Crippen molar-refractivity contribution in [3.63, 3.8) is 0 Å². The summed E-state index contributed by atoms with van der Waals surface area (Å²) >= 11 is 0. The van der Waals surface area contributed by atoms with E-state index >= 15 is 0 Å². The Hall–Kier alpha value is -2.11. The average molecular weight is 352 g/mol. The number of benzene rings is 1. The van der Waals surface area contributed by atoms with E-state index in [0.717, 1.165) is 25.7 Å². The Bertz CT molecular complexity index is 731. The van der Waals surface area contributed by atoms with Crippen LogP contribution in [0.3, 0.4) is 0 Å². The van der Waals surface area contributed by atoms with E-state index in [-0.39, 0.29) is 22.8 Å². The zero-order chi connectivity index (χ0) is 17.6. The Morgan fingerprint density at radius 1 is 1.25 bits per heavy atom. The summed E-state index contributed by atoms with van der Waals surface area (Å²) in [6.45, 7) is 0.516. The average Bonchev–Trinajstić information content (AvgIpc) is 2.89. The van der Waals surface area contributed by atoms with Crippen molar-refractivity contribution in [3.05, 3.63) is 23.8 Å². The number of nitrogens with zero attached hydrogens (tertiary/aromatic N) is 2. The number of methoxy groups -OCH3 is 1. The van der Waals surface area contributed by atoms with Gasteiger partial charge in [-0.05, 0) is 31.0 Å². The molecule has 24 heavy (non-hydrogen) atoms. The molecule has 8 heteroatoms. The fraction of sp³-hybridized carbons (Fsp3) is 0.500. The summed E-state index contributed by atoms with van der Waals surface area (Å²) in [5.74, 6) is -0.567. The highest BCUT2D eigenvalue weighted by Gasteiger charge is 2.29. The summed E-state index contributed by atoms with van der Waals surface area (Å²) in [4.78, 5) is 11.8. The molecule has 2 rings (SSSR count). The highest BCUT2D eigenvalue weighted by molar-refractivity contribution is 7.89. The standard InChI is InChI=1S/C16H20N2O5S/c1-22-14-7-6-13(16(19)23-11-8-17)12-15(14)24(20,21)18-9-4-2-3-5-10-18/h6-7,12H,2-5,9-11H2,1H3. The molecule has 1 aliphatic rings. The molecule has 7 nitrogen and oxygen atoms in total. The van der Waals surface area contributed by atoms with Gasteiger partial charge in [-0.25, -0.2) is 13.2 Å². The smallest absolute Gasteiger partial charge is 0.339 e. The van der Waals surface area contributed by atoms with Crippen LogP contribution in [-0.4, -0.2) is 45.5 Å². The Kier molecular flexibility index (Phi) is 6.17. The Morgan fingerprint density at radius 3 is 2.50 bits per heavy atom. The third-order valence-corrected chi connectivity index (χ3v) is 5.77. The molecule has 0 saturated carbocycles. The molecule has 0 atom stereocenters. The van der Waals surface area contributed by atoms with E-state index in [1.165, 1.54) is 29.6 Å². The normalized spacial score (nSPS) is 16.0. The van der Waals surface area contributed by atoms with Gasteiger partial charge in [-0.1, -0.05) is 12.8 Å². The zero-order valence-corrected chi connectivity index (χ0v) is 14.3. The van der Waals surface area contributed by atoms with Gasteiger partial charge in [-0.15, -0.1) is 0 Å². The van der Waals surface area contributed by atoms with Gasteiger partial charge in [0.1, 0.15) is 16.7 Å². The number of hydrogen-bond donors (Lipinski definition) is 0. The van der Waals surface area contributed by atoms with E-state index in [9.17, 15) is 13.2 Å². The molecule has 1 aliphatic heterocycles. The van der Waals surface area contributed by atoms with Gasteiger partial charge in [0, 0.05) is 13.1 Å². The minimum absolute atomic E-state index is 0.0571. The molecule has 1 aromatic carbocycles. The molecule has 1 saturated heterocycles. The Morgan fingerprint density at radius 2 is 1.92 bits per heavy atom. The molecular weight excluding hydrogens is 332 g/mol. The van der Waals surface area contributed by atoms with Crippen molar-refractivity contribution in [1.29, 1.82) is 5.26 Å². The van der Waals surface area contributed by atoms with Crippen LogP contribution in [-0.2, 0) is 14.8 Å². The SMILES string of the molecule is COc1ccc(C(=O)OCC#N)cc1S(=O)(=O)N1CCCCCC1. The lowest BCUT2D eigenvalue weighted by atomic mass is 10.2. The second-order valence-corrected chi connectivity index (χ2v) is 7.32. The van der Waals surface area contributed by atoms with Crippen LogP contribution in [0.5, 0.6) is 5.75 Å². The third-order valence-electron chi connectivity index (χ3n) is 3.85. The fourth-order valence-corrected chi connectivity index (χ4v) is 4.31. The van der Waals surface area contributed by atoms with E-state index in [1.807, 2.05) is 0 Å². The van der Waals surface area contributed by atoms with Crippen LogP contribution in [0.1, 0.15) is 36.0 Å². The molecule has 0 N–H and O–H groups in total. The van der Waals surface area contributed by atoms with Crippen molar-refractivity contribution in [3.8, 4) is 11.8 Å². The molecule has 0 aliphatic carbocycles. The number of esters is 1. The highest BCUT2D eigenvalue weighted by atomic mass is 32.2. The first-order valence-corrected chi connectivity index (χ1v) is 9.17. The minimum atomic E-state index is -3.77. The minimum Gasteiger partial charge on any atom is -0.495 e. The fourth-order valence-electron chi connectivity index (χ4n) is 2.61. The van der Waals surface area contributed by atoms with Gasteiger partial charge in [-0.2, -0.15) is 9.57 Å². The second-order valence-electron chi connectivity index (χ2n) is 5.42. The molecule has 0 amide bonds. The van der Waals surface area contributed by atoms with Gasteiger partial charge < -0.3 is 9.47 Å². The lowest BCUT2D eigenvalue weighted by Crippen LogP contribution is -2.32. The summed E-state index contributed by atoms with van der Waals surface area (Å²) < 4.78 is 37.2. The molecule has 1 heterocycles. The number of hydrogen-bond acceptors (Lipinski definition) is 6. The van der Waals surface area contributed by atoms with Crippen molar-refractivity contribution < 1.29 is 22.7 Å². The number of rotatable bonds is 5. The highest BCUT2D eigenvalue weighted by Crippen LogP contribution is 2.29. The molecule has 0 bridgehead atoms. The number of carbonyl (C=O) groups excluding carboxylic acids is 1. The monoisotopic (exact) mass is 352 g/mol. The molecule has 1 fully saturated rings. The van der Waals surface area contributed by atoms with Crippen LogP contribution in [0.4, 0.5) is 0 Å². The van der Waals surface area contributed by atoms with E-state index in [1.54, 1.807) is 6.07 Å². The Balaban J connectivity index is 2.39. The number of ether oxygens (including phenoxy) is 2. The van der Waals surface area contributed by atoms with Crippen molar-refractivity contribution in [1.82, 2.24) is 4.31 Å². The summed E-state index contributed by atoms with van der Waals surface area (Å²) in [5, 5.41) is 8.48. The first-order chi connectivity index (χ1) is 11.5. The van der Waals surface area contributed by atoms with Crippen molar-refractivity contribution in [2.45, 2.75) is 30.6 Å². The van der Waals surface area contributed by atoms with Gasteiger partial charge in [0.15, 0.2) is 6.61 Å². The van der Waals surface area contributed by atoms with Crippen LogP contribution in [0.15, 0.2) is 23.1 Å². The van der Waals surface area contributed by atoms with Crippen LogP contribution in [0.2, 0.25) is 0 Å². The summed E-state index contributed by atoms with van der Waals surface area (Å²) in [5.41, 5.74) is 0.0689. The maximum atomic E-state index is 13.0. The van der Waals surface area contributed by atoms with Crippen LogP contribution in [0, 0.1) is 11.3 Å². The largest absolute Gasteiger partial charge is 0.495 e. The molecule has 0 radical (unpaired) electrons. The number of nitriles is 1. The summed E-state index contributed by atoms with van der Waals surface area (Å²) in [6.07, 6.45) is 3.63. The predicted octanol–water partition coefficient (Wildman–Crippen LogP) is 1.94. The summed E-state index contributed by atoms with van der Waals surface area (Å²) in [6, 6.07) is 5.79. The maximum Gasteiger partial charge on any atom is 0.339 e. The topological polar surface area (TPSA) is 96.7 Å². The molecule has 1 aromatic rings. The van der Waals surface area contributed by atoms with Gasteiger partial charge >= 0.3 is 5.97 Å². The van der Waals surface area contributed by atoms with Crippen molar-refractivity contribution in [2.24, 2.45) is 0 Å². The van der Waals surface area contributed by atoms with Crippen molar-refractivity contribution >= 4 is 16.0 Å². The lowest BCUT2D eigenvalue weighted by Gasteiger charge is -2.21. The summed E-state index contributed by atoms with van der Waals surface area (Å²) in [7, 11) is -2.39. The van der Waals surface area contributed by atoms with Crippen molar-refractivity contribution in [2.75, 3.05) is 26.8 Å². The van der Waals surface area contributed by atoms with Gasteiger partial charge in [-0.3, -0.25) is 0 Å². The molecule has 0 spiro atoms. The van der Waals surface area contributed by atoms with E-state index in [4.69, 9.17) is 14.7 Å². The van der Waals surface area contributed by atoms with Crippen LogP contribution < -0.4 is 4.74 Å². The predicted molar refractivity (Wildman–Crippen MR) is 86.1 cm³/mol.